The van der Waals surface area contributed by atoms with Crippen molar-refractivity contribution in [3.8, 4) is 0 Å². The van der Waals surface area contributed by atoms with Crippen LogP contribution in [-0.4, -0.2) is 10.5 Å². The van der Waals surface area contributed by atoms with Crippen LogP contribution >= 0.6 is 0 Å². The number of aryl methyl sites for hydroxylation is 1. The predicted octanol–water partition coefficient (Wildman–Crippen LogP) is 3.71. The van der Waals surface area contributed by atoms with E-state index in [-0.39, 0.29) is 11.6 Å². The van der Waals surface area contributed by atoms with Gasteiger partial charge in [-0.05, 0) is 18.2 Å². The molecule has 1 amide bonds. The predicted molar refractivity (Wildman–Crippen MR) is 77.2 cm³/mol. The van der Waals surface area contributed by atoms with Crippen LogP contribution in [0.1, 0.15) is 10.4 Å². The molecule has 0 aliphatic carbocycles. The summed E-state index contributed by atoms with van der Waals surface area (Å²) < 4.78 is 27.9. The Morgan fingerprint density at radius 1 is 1.10 bits per heavy atom. The molecule has 0 atom stereocenters. The van der Waals surface area contributed by atoms with Crippen molar-refractivity contribution in [3.63, 3.8) is 0 Å². The molecule has 0 aliphatic rings. The first-order valence-corrected chi connectivity index (χ1v) is 6.37. The van der Waals surface area contributed by atoms with Gasteiger partial charge in [-0.1, -0.05) is 18.2 Å². The van der Waals surface area contributed by atoms with Crippen LogP contribution in [0.3, 0.4) is 0 Å². The Kier molecular flexibility index (Phi) is 3.17. The largest absolute Gasteiger partial charge is 0.350 e. The highest BCUT2D eigenvalue weighted by Crippen LogP contribution is 2.22. The molecule has 0 saturated heterocycles. The fourth-order valence-electron chi connectivity index (χ4n) is 2.29. The van der Waals surface area contributed by atoms with E-state index >= 15 is 0 Å². The third kappa shape index (κ3) is 2.38. The molecule has 0 saturated carbocycles. The number of carbonyl (C=O) groups is 1. The highest BCUT2D eigenvalue weighted by molar-refractivity contribution is 6.12. The van der Waals surface area contributed by atoms with Crippen LogP contribution in [0.25, 0.3) is 10.9 Å². The van der Waals surface area contributed by atoms with Crippen LogP contribution in [0.2, 0.25) is 0 Å². The van der Waals surface area contributed by atoms with E-state index in [4.69, 9.17) is 0 Å². The van der Waals surface area contributed by atoms with Gasteiger partial charge in [0.1, 0.15) is 0 Å². The second-order valence-electron chi connectivity index (χ2n) is 4.75. The van der Waals surface area contributed by atoms with E-state index < -0.39 is 11.6 Å². The molecule has 21 heavy (non-hydrogen) atoms. The first-order chi connectivity index (χ1) is 10.1. The normalized spacial score (nSPS) is 10.8. The lowest BCUT2D eigenvalue weighted by Crippen LogP contribution is -2.11. The molecule has 3 rings (SSSR count). The highest BCUT2D eigenvalue weighted by Gasteiger charge is 2.14. The minimum Gasteiger partial charge on any atom is -0.350 e. The number of hydrogen-bond acceptors (Lipinski definition) is 1. The topological polar surface area (TPSA) is 34.0 Å². The van der Waals surface area contributed by atoms with Crippen molar-refractivity contribution in [2.45, 2.75) is 0 Å². The maximum atomic E-state index is 13.2. The molecule has 3 nitrogen and oxygen atoms in total. The Labute approximate surface area is 119 Å². The Balaban J connectivity index is 1.95. The standard InChI is InChI=1S/C16H12F2N2O/c1-20-9-12(11-4-2-3-5-15(11)20)16(21)19-10-6-7-13(17)14(18)8-10/h2-9H,1H3,(H,19,21). The van der Waals surface area contributed by atoms with Crippen molar-refractivity contribution < 1.29 is 13.6 Å². The zero-order chi connectivity index (χ0) is 15.0. The molecule has 106 valence electrons. The molecular weight excluding hydrogens is 274 g/mol. The average Bonchev–Trinajstić information content (AvgIpc) is 2.81. The average molecular weight is 286 g/mol. The van der Waals surface area contributed by atoms with Crippen LogP contribution in [0.15, 0.2) is 48.7 Å². The third-order valence-electron chi connectivity index (χ3n) is 3.32. The SMILES string of the molecule is Cn1cc(C(=O)Nc2ccc(F)c(F)c2)c2ccccc21. The third-order valence-corrected chi connectivity index (χ3v) is 3.32. The van der Waals surface area contributed by atoms with Gasteiger partial charge in [0.15, 0.2) is 11.6 Å². The highest BCUT2D eigenvalue weighted by atomic mass is 19.2. The molecule has 2 aromatic carbocycles. The molecular formula is C16H12F2N2O. The summed E-state index contributed by atoms with van der Waals surface area (Å²) in [6, 6.07) is 10.7. The molecule has 1 heterocycles. The summed E-state index contributed by atoms with van der Waals surface area (Å²) in [6.45, 7) is 0. The Morgan fingerprint density at radius 3 is 2.62 bits per heavy atom. The lowest BCUT2D eigenvalue weighted by molar-refractivity contribution is 0.102. The van der Waals surface area contributed by atoms with Crippen molar-refractivity contribution in [2.24, 2.45) is 7.05 Å². The van der Waals surface area contributed by atoms with Crippen molar-refractivity contribution in [1.82, 2.24) is 4.57 Å². The Hall–Kier alpha value is -2.69. The quantitative estimate of drug-likeness (QED) is 0.765. The van der Waals surface area contributed by atoms with Gasteiger partial charge in [-0.2, -0.15) is 0 Å². The number of aromatic nitrogens is 1. The summed E-state index contributed by atoms with van der Waals surface area (Å²) in [6.07, 6.45) is 1.71. The second-order valence-corrected chi connectivity index (χ2v) is 4.75. The van der Waals surface area contributed by atoms with Gasteiger partial charge < -0.3 is 9.88 Å². The molecule has 0 unspecified atom stereocenters. The lowest BCUT2D eigenvalue weighted by atomic mass is 10.1. The molecule has 5 heteroatoms. The number of hydrogen-bond donors (Lipinski definition) is 1. The number of carbonyl (C=O) groups excluding carboxylic acids is 1. The van der Waals surface area contributed by atoms with Crippen molar-refractivity contribution in [3.05, 3.63) is 65.9 Å². The van der Waals surface area contributed by atoms with Crippen molar-refractivity contribution in [1.29, 1.82) is 0 Å². The number of nitrogens with one attached hydrogen (secondary N) is 1. The molecule has 0 fully saturated rings. The van der Waals surface area contributed by atoms with E-state index in [0.29, 0.717) is 5.56 Å². The second kappa shape index (κ2) is 5.01. The molecule has 0 bridgehead atoms. The first kappa shape index (κ1) is 13.3. The Bertz CT molecular complexity index is 839. The van der Waals surface area contributed by atoms with Gasteiger partial charge in [-0.25, -0.2) is 8.78 Å². The number of nitrogens with zero attached hydrogens (tertiary/aromatic N) is 1. The van der Waals surface area contributed by atoms with Crippen LogP contribution in [0.5, 0.6) is 0 Å². The zero-order valence-corrected chi connectivity index (χ0v) is 11.2. The van der Waals surface area contributed by atoms with Crippen molar-refractivity contribution >= 4 is 22.5 Å². The van der Waals surface area contributed by atoms with Gasteiger partial charge in [0.05, 0.1) is 5.56 Å². The minimum absolute atomic E-state index is 0.215. The van der Waals surface area contributed by atoms with E-state index in [9.17, 15) is 13.6 Å². The number of para-hydroxylation sites is 1. The smallest absolute Gasteiger partial charge is 0.257 e. The summed E-state index contributed by atoms with van der Waals surface area (Å²) in [4.78, 5) is 12.3. The molecule has 0 spiro atoms. The van der Waals surface area contributed by atoms with Gasteiger partial charge in [-0.3, -0.25) is 4.79 Å². The minimum atomic E-state index is -0.995. The number of benzene rings is 2. The van der Waals surface area contributed by atoms with Gasteiger partial charge in [0.2, 0.25) is 0 Å². The maximum absolute atomic E-state index is 13.2. The van der Waals surface area contributed by atoms with E-state index in [0.717, 1.165) is 23.0 Å². The number of halogens is 2. The number of rotatable bonds is 2. The zero-order valence-electron chi connectivity index (χ0n) is 11.2. The number of fused-ring (bicyclic) bond motifs is 1. The van der Waals surface area contributed by atoms with Gasteiger partial charge >= 0.3 is 0 Å². The molecule has 0 aliphatic heterocycles. The van der Waals surface area contributed by atoms with Crippen LogP contribution in [-0.2, 0) is 7.05 Å². The van der Waals surface area contributed by atoms with E-state index in [1.807, 2.05) is 35.9 Å². The monoisotopic (exact) mass is 286 g/mol. The fourth-order valence-corrected chi connectivity index (χ4v) is 2.29. The molecule has 0 radical (unpaired) electrons. The summed E-state index contributed by atoms with van der Waals surface area (Å²) in [5.41, 5.74) is 1.62. The number of anilines is 1. The lowest BCUT2D eigenvalue weighted by Gasteiger charge is -2.04. The van der Waals surface area contributed by atoms with Crippen LogP contribution in [0, 0.1) is 11.6 Å². The van der Waals surface area contributed by atoms with Gasteiger partial charge in [0, 0.05) is 35.9 Å². The fraction of sp³-hybridized carbons (Fsp3) is 0.0625. The molecule has 1 aromatic heterocycles. The van der Waals surface area contributed by atoms with Crippen LogP contribution < -0.4 is 5.32 Å². The molecule has 1 N–H and O–H groups in total. The summed E-state index contributed by atoms with van der Waals surface area (Å²) in [7, 11) is 1.84. The Morgan fingerprint density at radius 2 is 1.86 bits per heavy atom. The summed E-state index contributed by atoms with van der Waals surface area (Å²) in [5, 5.41) is 3.38. The van der Waals surface area contributed by atoms with Gasteiger partial charge in [-0.15, -0.1) is 0 Å². The number of amides is 1. The van der Waals surface area contributed by atoms with E-state index in [2.05, 4.69) is 5.32 Å². The molecule has 3 aromatic rings. The van der Waals surface area contributed by atoms with E-state index in [1.165, 1.54) is 6.07 Å². The first-order valence-electron chi connectivity index (χ1n) is 6.37. The van der Waals surface area contributed by atoms with Crippen LogP contribution in [0.4, 0.5) is 14.5 Å². The van der Waals surface area contributed by atoms with Crippen molar-refractivity contribution in [2.75, 3.05) is 5.32 Å². The summed E-state index contributed by atoms with van der Waals surface area (Å²) >= 11 is 0. The van der Waals surface area contributed by atoms with E-state index in [1.54, 1.807) is 6.20 Å². The summed E-state index contributed by atoms with van der Waals surface area (Å²) in [5.74, 6) is -2.30. The maximum Gasteiger partial charge on any atom is 0.257 e. The van der Waals surface area contributed by atoms with Gasteiger partial charge in [0.25, 0.3) is 5.91 Å².